The summed E-state index contributed by atoms with van der Waals surface area (Å²) in [6.45, 7) is 7.98. The largest absolute Gasteiger partial charge is 0.348 e. The zero-order valence-corrected chi connectivity index (χ0v) is 10.9. The minimum atomic E-state index is -0.194. The van der Waals surface area contributed by atoms with E-state index in [-0.39, 0.29) is 11.7 Å². The third-order valence-electron chi connectivity index (χ3n) is 4.19. The Bertz CT molecular complexity index is 430. The summed E-state index contributed by atoms with van der Waals surface area (Å²) in [6, 6.07) is 10.2. The highest BCUT2D eigenvalue weighted by Crippen LogP contribution is 2.48. The van der Waals surface area contributed by atoms with Gasteiger partial charge in [-0.25, -0.2) is 0 Å². The maximum Gasteiger partial charge on any atom is 0.183 e. The van der Waals surface area contributed by atoms with Crippen molar-refractivity contribution in [2.24, 2.45) is 11.3 Å². The quantitative estimate of drug-likeness (QED) is 0.701. The lowest BCUT2D eigenvalue weighted by Crippen LogP contribution is -2.36. The third kappa shape index (κ3) is 2.11. The Morgan fingerprint density at radius 2 is 1.83 bits per heavy atom. The van der Waals surface area contributed by atoms with Crippen LogP contribution in [-0.4, -0.2) is 13.2 Å². The molecule has 1 aromatic rings. The fraction of sp³-hybridized carbons (Fsp3) is 0.500. The summed E-state index contributed by atoms with van der Waals surface area (Å²) in [4.78, 5) is 0. The van der Waals surface area contributed by atoms with Crippen molar-refractivity contribution in [3.05, 3.63) is 48.0 Å². The summed E-state index contributed by atoms with van der Waals surface area (Å²) in [5.74, 6) is 0.602. The minimum absolute atomic E-state index is 0.182. The van der Waals surface area contributed by atoms with Crippen LogP contribution in [0.2, 0.25) is 0 Å². The monoisotopic (exact) mass is 244 g/mol. The average Bonchev–Trinajstić information content (AvgIpc) is 2.66. The number of benzene rings is 1. The van der Waals surface area contributed by atoms with Crippen molar-refractivity contribution >= 4 is 0 Å². The Balaban J connectivity index is 1.67. The highest BCUT2D eigenvalue weighted by molar-refractivity contribution is 5.17. The SMILES string of the molecule is C=C1CC2(COC(c3ccccc3)OC2)CC1C. The smallest absolute Gasteiger partial charge is 0.183 e. The normalized spacial score (nSPS) is 36.2. The summed E-state index contributed by atoms with van der Waals surface area (Å²) in [6.07, 6.45) is 2.00. The van der Waals surface area contributed by atoms with E-state index in [0.717, 1.165) is 31.6 Å². The van der Waals surface area contributed by atoms with Gasteiger partial charge in [-0.2, -0.15) is 0 Å². The van der Waals surface area contributed by atoms with Gasteiger partial charge >= 0.3 is 0 Å². The first-order valence-corrected chi connectivity index (χ1v) is 6.64. The van der Waals surface area contributed by atoms with Crippen LogP contribution < -0.4 is 0 Å². The minimum Gasteiger partial charge on any atom is -0.348 e. The zero-order chi connectivity index (χ0) is 12.6. The molecule has 1 aliphatic heterocycles. The topological polar surface area (TPSA) is 18.5 Å². The summed E-state index contributed by atoms with van der Waals surface area (Å²) in [7, 11) is 0. The second-order valence-electron chi connectivity index (χ2n) is 5.80. The van der Waals surface area contributed by atoms with Crippen molar-refractivity contribution in [1.29, 1.82) is 0 Å². The molecule has 96 valence electrons. The van der Waals surface area contributed by atoms with Crippen LogP contribution in [0.3, 0.4) is 0 Å². The summed E-state index contributed by atoms with van der Waals surface area (Å²) < 4.78 is 11.9. The molecule has 0 radical (unpaired) electrons. The highest BCUT2D eigenvalue weighted by Gasteiger charge is 2.43. The lowest BCUT2D eigenvalue weighted by atomic mass is 9.86. The molecular formula is C16H20O2. The van der Waals surface area contributed by atoms with Gasteiger partial charge in [0.15, 0.2) is 6.29 Å². The molecule has 1 unspecified atom stereocenters. The number of ether oxygens (including phenoxy) is 2. The van der Waals surface area contributed by atoms with Gasteiger partial charge in [-0.05, 0) is 18.8 Å². The molecule has 2 heteroatoms. The summed E-state index contributed by atoms with van der Waals surface area (Å²) >= 11 is 0. The van der Waals surface area contributed by atoms with Crippen LogP contribution in [0.5, 0.6) is 0 Å². The van der Waals surface area contributed by atoms with E-state index in [4.69, 9.17) is 9.47 Å². The summed E-state index contributed by atoms with van der Waals surface area (Å²) in [5, 5.41) is 0. The van der Waals surface area contributed by atoms with E-state index in [0.29, 0.717) is 5.92 Å². The molecule has 1 aromatic carbocycles. The molecule has 2 aliphatic rings. The molecule has 3 rings (SSSR count). The number of allylic oxidation sites excluding steroid dienone is 1. The molecule has 1 heterocycles. The zero-order valence-electron chi connectivity index (χ0n) is 10.9. The van der Waals surface area contributed by atoms with Crippen LogP contribution in [0.1, 0.15) is 31.6 Å². The second-order valence-corrected chi connectivity index (χ2v) is 5.80. The van der Waals surface area contributed by atoms with Crippen molar-refractivity contribution in [3.8, 4) is 0 Å². The van der Waals surface area contributed by atoms with Gasteiger partial charge < -0.3 is 9.47 Å². The van der Waals surface area contributed by atoms with Gasteiger partial charge in [0.05, 0.1) is 13.2 Å². The van der Waals surface area contributed by atoms with Crippen LogP contribution in [-0.2, 0) is 9.47 Å². The van der Waals surface area contributed by atoms with Crippen molar-refractivity contribution < 1.29 is 9.47 Å². The first-order chi connectivity index (χ1) is 8.69. The molecule has 2 nitrogen and oxygen atoms in total. The Morgan fingerprint density at radius 1 is 1.17 bits per heavy atom. The molecule has 1 saturated heterocycles. The Kier molecular flexibility index (Phi) is 3.00. The van der Waals surface area contributed by atoms with Gasteiger partial charge in [0.2, 0.25) is 0 Å². The van der Waals surface area contributed by atoms with E-state index in [1.807, 2.05) is 18.2 Å². The van der Waals surface area contributed by atoms with E-state index in [1.165, 1.54) is 5.57 Å². The molecule has 0 bridgehead atoms. The predicted molar refractivity (Wildman–Crippen MR) is 71.1 cm³/mol. The van der Waals surface area contributed by atoms with Crippen LogP contribution in [0.15, 0.2) is 42.5 Å². The third-order valence-corrected chi connectivity index (χ3v) is 4.19. The molecule has 1 atom stereocenters. The van der Waals surface area contributed by atoms with E-state index in [9.17, 15) is 0 Å². The molecule has 0 aromatic heterocycles. The van der Waals surface area contributed by atoms with Crippen molar-refractivity contribution in [1.82, 2.24) is 0 Å². The maximum atomic E-state index is 5.94. The second kappa shape index (κ2) is 4.52. The first kappa shape index (κ1) is 11.9. The molecule has 18 heavy (non-hydrogen) atoms. The highest BCUT2D eigenvalue weighted by atomic mass is 16.7. The predicted octanol–water partition coefficient (Wildman–Crippen LogP) is 3.70. The molecule has 1 saturated carbocycles. The molecule has 1 spiro atoms. The Morgan fingerprint density at radius 3 is 2.39 bits per heavy atom. The van der Waals surface area contributed by atoms with Crippen LogP contribution >= 0.6 is 0 Å². The van der Waals surface area contributed by atoms with Gasteiger partial charge in [0.25, 0.3) is 0 Å². The van der Waals surface area contributed by atoms with Gasteiger partial charge in [0, 0.05) is 11.0 Å². The van der Waals surface area contributed by atoms with E-state index >= 15 is 0 Å². The lowest BCUT2D eigenvalue weighted by molar-refractivity contribution is -0.232. The van der Waals surface area contributed by atoms with Crippen molar-refractivity contribution in [2.75, 3.05) is 13.2 Å². The Labute approximate surface area is 109 Å². The van der Waals surface area contributed by atoms with Crippen molar-refractivity contribution in [3.63, 3.8) is 0 Å². The number of rotatable bonds is 1. The van der Waals surface area contributed by atoms with E-state index < -0.39 is 0 Å². The Hall–Kier alpha value is -1.12. The van der Waals surface area contributed by atoms with Crippen LogP contribution in [0, 0.1) is 11.3 Å². The fourth-order valence-electron chi connectivity index (χ4n) is 3.14. The molecule has 0 amide bonds. The van der Waals surface area contributed by atoms with E-state index in [1.54, 1.807) is 0 Å². The van der Waals surface area contributed by atoms with Gasteiger partial charge in [0.1, 0.15) is 0 Å². The molecule has 2 fully saturated rings. The number of hydrogen-bond donors (Lipinski definition) is 0. The summed E-state index contributed by atoms with van der Waals surface area (Å²) in [5.41, 5.74) is 2.64. The fourth-order valence-corrected chi connectivity index (χ4v) is 3.14. The molecule has 0 N–H and O–H groups in total. The average molecular weight is 244 g/mol. The van der Waals surface area contributed by atoms with Gasteiger partial charge in [-0.1, -0.05) is 49.4 Å². The first-order valence-electron chi connectivity index (χ1n) is 6.64. The van der Waals surface area contributed by atoms with Gasteiger partial charge in [-0.3, -0.25) is 0 Å². The van der Waals surface area contributed by atoms with Crippen molar-refractivity contribution in [2.45, 2.75) is 26.1 Å². The van der Waals surface area contributed by atoms with Crippen LogP contribution in [0.4, 0.5) is 0 Å². The molecular weight excluding hydrogens is 224 g/mol. The molecule has 1 aliphatic carbocycles. The van der Waals surface area contributed by atoms with Gasteiger partial charge in [-0.15, -0.1) is 0 Å². The lowest BCUT2D eigenvalue weighted by Gasteiger charge is -2.37. The van der Waals surface area contributed by atoms with E-state index in [2.05, 4.69) is 25.6 Å². The standard InChI is InChI=1S/C16H20O2/c1-12-8-16(9-13(12)2)10-17-15(18-11-16)14-6-4-3-5-7-14/h3-7,13,15H,1,8-11H2,2H3. The van der Waals surface area contributed by atoms with Crippen LogP contribution in [0.25, 0.3) is 0 Å². The number of hydrogen-bond acceptors (Lipinski definition) is 2. The maximum absolute atomic E-state index is 5.94.